The summed E-state index contributed by atoms with van der Waals surface area (Å²) in [5.41, 5.74) is 0.313. The second kappa shape index (κ2) is 6.53. The number of nitrogens with one attached hydrogen (secondary N) is 1. The van der Waals surface area contributed by atoms with Gasteiger partial charge in [0, 0.05) is 11.3 Å². The van der Waals surface area contributed by atoms with Gasteiger partial charge in [-0.1, -0.05) is 45.9 Å². The molecule has 1 rings (SSSR count). The van der Waals surface area contributed by atoms with Gasteiger partial charge in [-0.25, -0.2) is 0 Å². The van der Waals surface area contributed by atoms with Crippen LogP contribution < -0.4 is 5.32 Å². The third kappa shape index (κ3) is 3.41. The molecule has 0 bridgehead atoms. The number of rotatable bonds is 6. The molecule has 2 nitrogen and oxygen atoms in total. The Labute approximate surface area is 105 Å². The molecule has 0 spiro atoms. The number of aliphatic imine (C=N–C) groups is 1. The molecule has 0 aliphatic carbocycles. The Bertz CT molecular complexity index is 234. The van der Waals surface area contributed by atoms with Crippen molar-refractivity contribution in [3.63, 3.8) is 0 Å². The Kier molecular flexibility index (Phi) is 5.67. The fourth-order valence-electron chi connectivity index (χ4n) is 2.06. The molecule has 1 saturated heterocycles. The highest BCUT2D eigenvalue weighted by molar-refractivity contribution is 8.14. The van der Waals surface area contributed by atoms with E-state index in [1.165, 1.54) is 36.6 Å². The molecule has 3 heteroatoms. The molecular weight excluding hydrogens is 216 g/mol. The summed E-state index contributed by atoms with van der Waals surface area (Å²) in [5, 5.41) is 4.82. The van der Waals surface area contributed by atoms with Gasteiger partial charge in [0.25, 0.3) is 0 Å². The van der Waals surface area contributed by atoms with Crippen LogP contribution in [0.3, 0.4) is 0 Å². The standard InChI is InChI=1S/C13H26N2S/c1-5-9-11(6-2)14-12-15-13(7-3,8-4)10-16-12/h11H,5-10H2,1-4H3,(H,14,15). The van der Waals surface area contributed by atoms with Gasteiger partial charge in [-0.05, 0) is 25.7 Å². The molecular formula is C13H26N2S. The first-order chi connectivity index (χ1) is 7.69. The van der Waals surface area contributed by atoms with E-state index in [1.54, 1.807) is 0 Å². The van der Waals surface area contributed by atoms with E-state index in [4.69, 9.17) is 4.99 Å². The van der Waals surface area contributed by atoms with Gasteiger partial charge < -0.3 is 5.32 Å². The highest BCUT2D eigenvalue weighted by Gasteiger charge is 2.33. The third-order valence-electron chi connectivity index (χ3n) is 3.60. The van der Waals surface area contributed by atoms with Crippen molar-refractivity contribution >= 4 is 16.9 Å². The van der Waals surface area contributed by atoms with Crippen molar-refractivity contribution in [2.24, 2.45) is 4.99 Å². The van der Waals surface area contributed by atoms with Crippen LogP contribution in [0, 0.1) is 0 Å². The van der Waals surface area contributed by atoms with Crippen LogP contribution in [0.4, 0.5) is 0 Å². The lowest BCUT2D eigenvalue weighted by Crippen LogP contribution is -2.42. The number of amidine groups is 1. The van der Waals surface area contributed by atoms with Crippen LogP contribution in [-0.4, -0.2) is 22.5 Å². The predicted molar refractivity (Wildman–Crippen MR) is 75.3 cm³/mol. The fourth-order valence-corrected chi connectivity index (χ4v) is 3.47. The summed E-state index contributed by atoms with van der Waals surface area (Å²) >= 11 is 1.91. The van der Waals surface area contributed by atoms with Crippen molar-refractivity contribution in [2.45, 2.75) is 71.4 Å². The topological polar surface area (TPSA) is 24.4 Å². The van der Waals surface area contributed by atoms with Gasteiger partial charge in [0.05, 0.1) is 6.04 Å². The molecule has 1 unspecified atom stereocenters. The van der Waals surface area contributed by atoms with Crippen LogP contribution >= 0.6 is 11.8 Å². The maximum atomic E-state index is 4.84. The van der Waals surface area contributed by atoms with E-state index in [2.05, 4.69) is 33.0 Å². The average Bonchev–Trinajstić information content (AvgIpc) is 2.73. The Balaban J connectivity index is 2.59. The zero-order chi connectivity index (χ0) is 12.0. The van der Waals surface area contributed by atoms with Gasteiger partial charge in [-0.2, -0.15) is 0 Å². The van der Waals surface area contributed by atoms with Crippen molar-refractivity contribution < 1.29 is 0 Å². The highest BCUT2D eigenvalue weighted by atomic mass is 32.2. The molecule has 1 fully saturated rings. The normalized spacial score (nSPS) is 23.4. The monoisotopic (exact) mass is 242 g/mol. The maximum absolute atomic E-state index is 4.84. The minimum Gasteiger partial charge on any atom is -0.359 e. The minimum absolute atomic E-state index is 0.313. The molecule has 0 aromatic rings. The van der Waals surface area contributed by atoms with E-state index in [1.807, 2.05) is 11.8 Å². The van der Waals surface area contributed by atoms with E-state index < -0.39 is 0 Å². The van der Waals surface area contributed by atoms with E-state index >= 15 is 0 Å². The first-order valence-corrected chi connectivity index (χ1v) is 7.67. The minimum atomic E-state index is 0.313. The number of hydrogen-bond donors (Lipinski definition) is 1. The molecule has 0 aromatic heterocycles. The Morgan fingerprint density at radius 2 is 2.00 bits per heavy atom. The van der Waals surface area contributed by atoms with Gasteiger partial charge >= 0.3 is 0 Å². The molecule has 0 aromatic carbocycles. The summed E-state index contributed by atoms with van der Waals surface area (Å²) in [6.07, 6.45) is 5.99. The van der Waals surface area contributed by atoms with Gasteiger partial charge in [0.1, 0.15) is 0 Å². The SMILES string of the molecule is CCCC(CC)N=C1NC(CC)(CC)CS1. The largest absolute Gasteiger partial charge is 0.359 e. The third-order valence-corrected chi connectivity index (χ3v) is 4.78. The summed E-state index contributed by atoms with van der Waals surface area (Å²) in [7, 11) is 0. The fraction of sp³-hybridized carbons (Fsp3) is 0.923. The van der Waals surface area contributed by atoms with Crippen molar-refractivity contribution in [3.05, 3.63) is 0 Å². The Morgan fingerprint density at radius 1 is 1.31 bits per heavy atom. The molecule has 0 saturated carbocycles. The predicted octanol–water partition coefficient (Wildman–Crippen LogP) is 3.82. The molecule has 1 N–H and O–H groups in total. The van der Waals surface area contributed by atoms with E-state index in [-0.39, 0.29) is 0 Å². The second-order valence-electron chi connectivity index (χ2n) is 4.69. The van der Waals surface area contributed by atoms with E-state index in [0.29, 0.717) is 11.6 Å². The lowest BCUT2D eigenvalue weighted by Gasteiger charge is -2.25. The zero-order valence-electron chi connectivity index (χ0n) is 11.2. The van der Waals surface area contributed by atoms with E-state index in [9.17, 15) is 0 Å². The van der Waals surface area contributed by atoms with Crippen LogP contribution in [0.1, 0.15) is 59.8 Å². The van der Waals surface area contributed by atoms with Crippen LogP contribution in [-0.2, 0) is 0 Å². The zero-order valence-corrected chi connectivity index (χ0v) is 12.0. The Hall–Kier alpha value is -0.180. The summed E-state index contributed by atoms with van der Waals surface area (Å²) in [6, 6.07) is 0.518. The molecule has 1 heterocycles. The molecule has 1 aliphatic heterocycles. The van der Waals surface area contributed by atoms with Crippen molar-refractivity contribution in [2.75, 3.05) is 5.75 Å². The van der Waals surface area contributed by atoms with Crippen molar-refractivity contribution in [1.29, 1.82) is 0 Å². The first kappa shape index (κ1) is 13.9. The molecule has 0 amide bonds. The lowest BCUT2D eigenvalue weighted by molar-refractivity contribution is 0.406. The van der Waals surface area contributed by atoms with Gasteiger partial charge in [-0.15, -0.1) is 0 Å². The molecule has 1 atom stereocenters. The van der Waals surface area contributed by atoms with E-state index in [0.717, 1.165) is 6.42 Å². The smallest absolute Gasteiger partial charge is 0.157 e. The number of nitrogens with zero attached hydrogens (tertiary/aromatic N) is 1. The van der Waals surface area contributed by atoms with Crippen LogP contribution in [0.2, 0.25) is 0 Å². The van der Waals surface area contributed by atoms with Crippen molar-refractivity contribution in [1.82, 2.24) is 5.32 Å². The Morgan fingerprint density at radius 3 is 2.44 bits per heavy atom. The van der Waals surface area contributed by atoms with Gasteiger partial charge in [-0.3, -0.25) is 4.99 Å². The summed E-state index contributed by atoms with van der Waals surface area (Å²) in [6.45, 7) is 9.00. The molecule has 16 heavy (non-hydrogen) atoms. The number of hydrogen-bond acceptors (Lipinski definition) is 2. The van der Waals surface area contributed by atoms with Crippen LogP contribution in [0.25, 0.3) is 0 Å². The lowest BCUT2D eigenvalue weighted by atomic mass is 9.96. The van der Waals surface area contributed by atoms with Crippen LogP contribution in [0.15, 0.2) is 4.99 Å². The van der Waals surface area contributed by atoms with Crippen molar-refractivity contribution in [3.8, 4) is 0 Å². The quantitative estimate of drug-likeness (QED) is 0.766. The summed E-state index contributed by atoms with van der Waals surface area (Å²) in [5.74, 6) is 1.18. The first-order valence-electron chi connectivity index (χ1n) is 6.68. The highest BCUT2D eigenvalue weighted by Crippen LogP contribution is 2.29. The van der Waals surface area contributed by atoms with Gasteiger partial charge in [0.2, 0.25) is 0 Å². The maximum Gasteiger partial charge on any atom is 0.157 e. The van der Waals surface area contributed by atoms with Crippen LogP contribution in [0.5, 0.6) is 0 Å². The number of thioether (sulfide) groups is 1. The van der Waals surface area contributed by atoms with Gasteiger partial charge in [0.15, 0.2) is 5.17 Å². The second-order valence-corrected chi connectivity index (χ2v) is 5.65. The average molecular weight is 242 g/mol. The molecule has 94 valence electrons. The summed E-state index contributed by atoms with van der Waals surface area (Å²) in [4.78, 5) is 4.84. The molecule has 0 radical (unpaired) electrons. The molecule has 1 aliphatic rings. The summed E-state index contributed by atoms with van der Waals surface area (Å²) < 4.78 is 0.